The summed E-state index contributed by atoms with van der Waals surface area (Å²) in [6, 6.07) is 1.88. The number of nitrogen functional groups attached to an aromatic ring is 1. The lowest BCUT2D eigenvalue weighted by molar-refractivity contribution is 0.222. The molecule has 1 aliphatic rings. The number of rotatable bonds is 3. The van der Waals surface area contributed by atoms with Gasteiger partial charge in [-0.2, -0.15) is 4.98 Å². The fraction of sp³-hybridized carbons (Fsp3) is 0.455. The average molecular weight is 220 g/mol. The van der Waals surface area contributed by atoms with Gasteiger partial charge < -0.3 is 15.4 Å². The third-order valence-corrected chi connectivity index (χ3v) is 2.62. The summed E-state index contributed by atoms with van der Waals surface area (Å²) in [5.74, 6) is 1.21. The van der Waals surface area contributed by atoms with Crippen LogP contribution in [-0.2, 0) is 4.74 Å². The van der Waals surface area contributed by atoms with Gasteiger partial charge >= 0.3 is 0 Å². The SMILES string of the molecule is COCC1=CCN(c2ccnc(N)n2)CC1. The quantitative estimate of drug-likeness (QED) is 0.765. The van der Waals surface area contributed by atoms with Gasteiger partial charge in [-0.15, -0.1) is 0 Å². The van der Waals surface area contributed by atoms with Gasteiger partial charge in [0.1, 0.15) is 5.82 Å². The molecule has 0 amide bonds. The number of anilines is 2. The first kappa shape index (κ1) is 10.9. The van der Waals surface area contributed by atoms with Crippen LogP contribution in [0.15, 0.2) is 23.9 Å². The summed E-state index contributed by atoms with van der Waals surface area (Å²) in [6.07, 6.45) is 4.88. The Balaban J connectivity index is 2.04. The van der Waals surface area contributed by atoms with Crippen LogP contribution in [0.2, 0.25) is 0 Å². The molecular formula is C11H16N4O. The van der Waals surface area contributed by atoms with E-state index in [9.17, 15) is 0 Å². The molecule has 5 nitrogen and oxygen atoms in total. The number of hydrogen-bond acceptors (Lipinski definition) is 5. The molecule has 0 atom stereocenters. The van der Waals surface area contributed by atoms with Gasteiger partial charge in [0.25, 0.3) is 0 Å². The summed E-state index contributed by atoms with van der Waals surface area (Å²) in [4.78, 5) is 10.3. The lowest BCUT2D eigenvalue weighted by Crippen LogP contribution is -2.30. The molecule has 0 unspecified atom stereocenters. The third kappa shape index (κ3) is 2.49. The molecule has 2 rings (SSSR count). The number of nitrogens with two attached hydrogens (primary N) is 1. The van der Waals surface area contributed by atoms with Gasteiger partial charge in [0, 0.05) is 26.4 Å². The van der Waals surface area contributed by atoms with E-state index >= 15 is 0 Å². The van der Waals surface area contributed by atoms with Crippen molar-refractivity contribution in [1.82, 2.24) is 9.97 Å². The van der Waals surface area contributed by atoms with Crippen molar-refractivity contribution in [2.24, 2.45) is 0 Å². The van der Waals surface area contributed by atoms with Crippen LogP contribution in [0.1, 0.15) is 6.42 Å². The Labute approximate surface area is 94.9 Å². The lowest BCUT2D eigenvalue weighted by Gasteiger charge is -2.27. The Hall–Kier alpha value is -1.62. The van der Waals surface area contributed by atoms with Crippen LogP contribution >= 0.6 is 0 Å². The van der Waals surface area contributed by atoms with Gasteiger partial charge in [-0.3, -0.25) is 0 Å². The molecule has 1 aromatic rings. The lowest BCUT2D eigenvalue weighted by atomic mass is 10.1. The van der Waals surface area contributed by atoms with Crippen molar-refractivity contribution in [2.45, 2.75) is 6.42 Å². The van der Waals surface area contributed by atoms with E-state index in [4.69, 9.17) is 10.5 Å². The van der Waals surface area contributed by atoms with E-state index in [1.54, 1.807) is 13.3 Å². The minimum Gasteiger partial charge on any atom is -0.380 e. The number of hydrogen-bond donors (Lipinski definition) is 1. The minimum absolute atomic E-state index is 0.323. The van der Waals surface area contributed by atoms with E-state index in [-0.39, 0.29) is 0 Å². The molecule has 0 bridgehead atoms. The van der Waals surface area contributed by atoms with Crippen LogP contribution in [0.4, 0.5) is 11.8 Å². The van der Waals surface area contributed by atoms with Crippen molar-refractivity contribution in [3.63, 3.8) is 0 Å². The van der Waals surface area contributed by atoms with Gasteiger partial charge in [0.05, 0.1) is 6.61 Å². The molecule has 2 heterocycles. The maximum Gasteiger partial charge on any atom is 0.221 e. The summed E-state index contributed by atoms with van der Waals surface area (Å²) in [7, 11) is 1.72. The molecule has 86 valence electrons. The van der Waals surface area contributed by atoms with Gasteiger partial charge in [-0.25, -0.2) is 4.98 Å². The van der Waals surface area contributed by atoms with Gasteiger partial charge in [0.15, 0.2) is 0 Å². The normalized spacial score (nSPS) is 16.1. The fourth-order valence-electron chi connectivity index (χ4n) is 1.78. The van der Waals surface area contributed by atoms with Crippen molar-refractivity contribution < 1.29 is 4.74 Å². The van der Waals surface area contributed by atoms with E-state index in [2.05, 4.69) is 20.9 Å². The average Bonchev–Trinajstić information content (AvgIpc) is 2.30. The Bertz CT molecular complexity index is 391. The first-order valence-electron chi connectivity index (χ1n) is 5.30. The largest absolute Gasteiger partial charge is 0.380 e. The first-order chi connectivity index (χ1) is 7.79. The zero-order valence-corrected chi connectivity index (χ0v) is 9.39. The van der Waals surface area contributed by atoms with Gasteiger partial charge in [-0.05, 0) is 18.1 Å². The highest BCUT2D eigenvalue weighted by molar-refractivity contribution is 5.43. The molecule has 0 saturated heterocycles. The summed E-state index contributed by atoms with van der Waals surface area (Å²) >= 11 is 0. The molecule has 0 aliphatic carbocycles. The van der Waals surface area contributed by atoms with Crippen molar-refractivity contribution >= 4 is 11.8 Å². The predicted molar refractivity (Wildman–Crippen MR) is 63.2 cm³/mol. The number of ether oxygens (including phenoxy) is 1. The van der Waals surface area contributed by atoms with E-state index in [0.717, 1.165) is 31.9 Å². The Morgan fingerprint density at radius 2 is 2.44 bits per heavy atom. The Morgan fingerprint density at radius 1 is 1.56 bits per heavy atom. The van der Waals surface area contributed by atoms with Crippen LogP contribution in [-0.4, -0.2) is 36.8 Å². The summed E-state index contributed by atoms with van der Waals surface area (Å²) in [6.45, 7) is 2.53. The van der Waals surface area contributed by atoms with Crippen LogP contribution in [0.25, 0.3) is 0 Å². The minimum atomic E-state index is 0.323. The summed E-state index contributed by atoms with van der Waals surface area (Å²) < 4.78 is 5.11. The monoisotopic (exact) mass is 220 g/mol. The zero-order valence-electron chi connectivity index (χ0n) is 9.39. The smallest absolute Gasteiger partial charge is 0.221 e. The molecule has 0 saturated carbocycles. The predicted octanol–water partition coefficient (Wildman–Crippen LogP) is 0.842. The van der Waals surface area contributed by atoms with E-state index < -0.39 is 0 Å². The topological polar surface area (TPSA) is 64.3 Å². The van der Waals surface area contributed by atoms with Crippen LogP contribution in [0, 0.1) is 0 Å². The fourth-order valence-corrected chi connectivity index (χ4v) is 1.78. The zero-order chi connectivity index (χ0) is 11.4. The van der Waals surface area contributed by atoms with E-state index in [1.807, 2.05) is 6.07 Å². The van der Waals surface area contributed by atoms with Crippen molar-refractivity contribution in [3.05, 3.63) is 23.9 Å². The highest BCUT2D eigenvalue weighted by atomic mass is 16.5. The second-order valence-corrected chi connectivity index (χ2v) is 3.76. The first-order valence-corrected chi connectivity index (χ1v) is 5.30. The Kier molecular flexibility index (Phi) is 3.36. The highest BCUT2D eigenvalue weighted by Gasteiger charge is 2.13. The molecule has 1 aliphatic heterocycles. The van der Waals surface area contributed by atoms with Crippen molar-refractivity contribution in [3.8, 4) is 0 Å². The second kappa shape index (κ2) is 4.94. The van der Waals surface area contributed by atoms with Crippen LogP contribution in [0.5, 0.6) is 0 Å². The van der Waals surface area contributed by atoms with Crippen molar-refractivity contribution in [1.29, 1.82) is 0 Å². The highest BCUT2D eigenvalue weighted by Crippen LogP contribution is 2.17. The van der Waals surface area contributed by atoms with Crippen LogP contribution < -0.4 is 10.6 Å². The molecular weight excluding hydrogens is 204 g/mol. The molecule has 16 heavy (non-hydrogen) atoms. The number of methoxy groups -OCH3 is 1. The molecule has 0 radical (unpaired) electrons. The molecule has 1 aromatic heterocycles. The molecule has 0 aromatic carbocycles. The van der Waals surface area contributed by atoms with E-state index in [0.29, 0.717) is 5.95 Å². The van der Waals surface area contributed by atoms with Crippen LogP contribution in [0.3, 0.4) is 0 Å². The molecule has 5 heteroatoms. The maximum absolute atomic E-state index is 5.56. The van der Waals surface area contributed by atoms with Gasteiger partial charge in [0.2, 0.25) is 5.95 Å². The summed E-state index contributed by atoms with van der Waals surface area (Å²) in [5.41, 5.74) is 6.90. The van der Waals surface area contributed by atoms with E-state index in [1.165, 1.54) is 5.57 Å². The number of nitrogens with zero attached hydrogens (tertiary/aromatic N) is 3. The van der Waals surface area contributed by atoms with Crippen molar-refractivity contribution in [2.75, 3.05) is 37.4 Å². The Morgan fingerprint density at radius 3 is 3.06 bits per heavy atom. The molecule has 0 fully saturated rings. The standard InChI is InChI=1S/C11H16N4O/c1-16-8-9-3-6-15(7-4-9)10-2-5-13-11(12)14-10/h2-3,5H,4,6-8H2,1H3,(H2,12,13,14). The molecule has 0 spiro atoms. The maximum atomic E-state index is 5.56. The molecule has 2 N–H and O–H groups in total. The summed E-state index contributed by atoms with van der Waals surface area (Å²) in [5, 5.41) is 0. The second-order valence-electron chi connectivity index (χ2n) is 3.76. The third-order valence-electron chi connectivity index (χ3n) is 2.62. The van der Waals surface area contributed by atoms with Gasteiger partial charge in [-0.1, -0.05) is 6.08 Å². The number of aromatic nitrogens is 2.